The second-order valence-corrected chi connectivity index (χ2v) is 6.71. The monoisotopic (exact) mass is 256 g/mol. The van der Waals surface area contributed by atoms with Crippen molar-refractivity contribution >= 4 is 0 Å². The van der Waals surface area contributed by atoms with Crippen molar-refractivity contribution < 1.29 is 5.11 Å². The fourth-order valence-corrected chi connectivity index (χ4v) is 2.94. The number of aliphatic hydroxyl groups excluding tert-OH is 1. The van der Waals surface area contributed by atoms with Crippen LogP contribution in [0, 0.1) is 11.3 Å². The Balaban J connectivity index is 2.48. The normalized spacial score (nSPS) is 21.5. The molecule has 1 aliphatic rings. The molecule has 0 aromatic heterocycles. The first kappa shape index (κ1) is 15.9. The van der Waals surface area contributed by atoms with Crippen molar-refractivity contribution in [3.63, 3.8) is 0 Å². The maximum atomic E-state index is 9.72. The van der Waals surface area contributed by atoms with Gasteiger partial charge < -0.3 is 15.3 Å². The molecule has 1 rings (SSSR count). The van der Waals surface area contributed by atoms with Crippen LogP contribution >= 0.6 is 0 Å². The van der Waals surface area contributed by atoms with Crippen molar-refractivity contribution in [2.75, 3.05) is 33.8 Å². The summed E-state index contributed by atoms with van der Waals surface area (Å²) < 4.78 is 0. The van der Waals surface area contributed by atoms with E-state index in [1.165, 1.54) is 32.1 Å². The maximum Gasteiger partial charge on any atom is 0.0499 e. The number of likely N-dealkylation sites (N-methyl/N-ethyl adjacent to an activating group) is 1. The summed E-state index contributed by atoms with van der Waals surface area (Å²) in [4.78, 5) is 2.24. The number of hydrogen-bond donors (Lipinski definition) is 2. The number of aliphatic hydroxyl groups is 1. The summed E-state index contributed by atoms with van der Waals surface area (Å²) in [6, 6.07) is 0.519. The first-order valence-corrected chi connectivity index (χ1v) is 7.48. The van der Waals surface area contributed by atoms with E-state index < -0.39 is 0 Å². The highest BCUT2D eigenvalue weighted by molar-refractivity contribution is 4.86. The molecule has 0 aliphatic heterocycles. The predicted octanol–water partition coefficient (Wildman–Crippen LogP) is 2.10. The van der Waals surface area contributed by atoms with Crippen molar-refractivity contribution in [1.29, 1.82) is 0 Å². The zero-order valence-electron chi connectivity index (χ0n) is 12.7. The van der Waals surface area contributed by atoms with E-state index in [-0.39, 0.29) is 5.41 Å². The number of hydrogen-bond acceptors (Lipinski definition) is 3. The fraction of sp³-hybridized carbons (Fsp3) is 1.00. The minimum Gasteiger partial charge on any atom is -0.396 e. The molecule has 1 fully saturated rings. The van der Waals surface area contributed by atoms with Crippen LogP contribution < -0.4 is 5.32 Å². The number of nitrogens with zero attached hydrogens (tertiary/aromatic N) is 1. The van der Waals surface area contributed by atoms with Crippen LogP contribution in [0.2, 0.25) is 0 Å². The average molecular weight is 256 g/mol. The van der Waals surface area contributed by atoms with Crippen LogP contribution in [0.4, 0.5) is 0 Å². The van der Waals surface area contributed by atoms with E-state index in [9.17, 15) is 5.11 Å². The van der Waals surface area contributed by atoms with Gasteiger partial charge in [-0.25, -0.2) is 0 Å². The number of rotatable bonds is 7. The summed E-state index contributed by atoms with van der Waals surface area (Å²) >= 11 is 0. The molecule has 2 N–H and O–H groups in total. The molecular weight excluding hydrogens is 224 g/mol. The summed E-state index contributed by atoms with van der Waals surface area (Å²) in [6.07, 6.45) is 6.27. The SMILES string of the molecule is CC(C)C(CN(C)C)NCC1(CO)CCCCC1. The first-order valence-electron chi connectivity index (χ1n) is 7.48. The van der Waals surface area contributed by atoms with Crippen molar-refractivity contribution in [3.8, 4) is 0 Å². The van der Waals surface area contributed by atoms with E-state index in [4.69, 9.17) is 0 Å². The zero-order chi connectivity index (χ0) is 13.6. The van der Waals surface area contributed by atoms with E-state index in [0.717, 1.165) is 13.1 Å². The highest BCUT2D eigenvalue weighted by Crippen LogP contribution is 2.35. The lowest BCUT2D eigenvalue weighted by Gasteiger charge is -2.38. The van der Waals surface area contributed by atoms with Gasteiger partial charge in [0.1, 0.15) is 0 Å². The van der Waals surface area contributed by atoms with Gasteiger partial charge in [-0.1, -0.05) is 33.1 Å². The summed E-state index contributed by atoms with van der Waals surface area (Å²) in [6.45, 7) is 6.92. The molecule has 1 unspecified atom stereocenters. The Morgan fingerprint density at radius 3 is 2.22 bits per heavy atom. The van der Waals surface area contributed by atoms with Crippen LogP contribution in [0.25, 0.3) is 0 Å². The van der Waals surface area contributed by atoms with E-state index in [1.807, 2.05) is 0 Å². The lowest BCUT2D eigenvalue weighted by molar-refractivity contribution is 0.0747. The molecule has 108 valence electrons. The second kappa shape index (κ2) is 7.46. The minimum atomic E-state index is 0.150. The summed E-state index contributed by atoms with van der Waals surface area (Å²) in [5.74, 6) is 0.631. The zero-order valence-corrected chi connectivity index (χ0v) is 12.7. The summed E-state index contributed by atoms with van der Waals surface area (Å²) in [7, 11) is 4.25. The highest BCUT2D eigenvalue weighted by Gasteiger charge is 2.32. The van der Waals surface area contributed by atoms with Crippen molar-refractivity contribution in [2.45, 2.75) is 52.0 Å². The quantitative estimate of drug-likeness (QED) is 0.732. The van der Waals surface area contributed by atoms with Crippen LogP contribution in [0.3, 0.4) is 0 Å². The average Bonchev–Trinajstić information content (AvgIpc) is 2.35. The van der Waals surface area contributed by atoms with Crippen LogP contribution in [0.1, 0.15) is 46.0 Å². The summed E-state index contributed by atoms with van der Waals surface area (Å²) in [5.41, 5.74) is 0.150. The largest absolute Gasteiger partial charge is 0.396 e. The smallest absolute Gasteiger partial charge is 0.0499 e. The molecule has 0 aromatic carbocycles. The predicted molar refractivity (Wildman–Crippen MR) is 77.8 cm³/mol. The first-order chi connectivity index (χ1) is 8.49. The Morgan fingerprint density at radius 1 is 1.17 bits per heavy atom. The Hall–Kier alpha value is -0.120. The molecule has 0 heterocycles. The molecular formula is C15H32N2O. The minimum absolute atomic E-state index is 0.150. The molecule has 1 atom stereocenters. The molecule has 0 spiro atoms. The third-order valence-corrected chi connectivity index (χ3v) is 4.36. The van der Waals surface area contributed by atoms with E-state index in [2.05, 4.69) is 38.2 Å². The topological polar surface area (TPSA) is 35.5 Å². The molecule has 0 amide bonds. The molecule has 0 aromatic rings. The van der Waals surface area contributed by atoms with Crippen molar-refractivity contribution in [3.05, 3.63) is 0 Å². The van der Waals surface area contributed by atoms with Gasteiger partial charge in [-0.05, 0) is 32.9 Å². The van der Waals surface area contributed by atoms with Gasteiger partial charge in [0.2, 0.25) is 0 Å². The Bertz CT molecular complexity index is 223. The Morgan fingerprint density at radius 2 is 1.78 bits per heavy atom. The molecule has 1 saturated carbocycles. The Kier molecular flexibility index (Phi) is 6.61. The van der Waals surface area contributed by atoms with Gasteiger partial charge in [-0.15, -0.1) is 0 Å². The van der Waals surface area contributed by atoms with Gasteiger partial charge in [0.15, 0.2) is 0 Å². The van der Waals surface area contributed by atoms with Gasteiger partial charge in [0.05, 0.1) is 0 Å². The van der Waals surface area contributed by atoms with Gasteiger partial charge in [-0.2, -0.15) is 0 Å². The van der Waals surface area contributed by atoms with E-state index in [1.54, 1.807) is 0 Å². The fourth-order valence-electron chi connectivity index (χ4n) is 2.94. The van der Waals surface area contributed by atoms with Crippen molar-refractivity contribution in [1.82, 2.24) is 10.2 Å². The van der Waals surface area contributed by atoms with Gasteiger partial charge in [0.25, 0.3) is 0 Å². The third-order valence-electron chi connectivity index (χ3n) is 4.36. The molecule has 0 bridgehead atoms. The second-order valence-electron chi connectivity index (χ2n) is 6.71. The number of nitrogens with one attached hydrogen (secondary N) is 1. The van der Waals surface area contributed by atoms with E-state index in [0.29, 0.717) is 18.6 Å². The lowest BCUT2D eigenvalue weighted by atomic mass is 9.74. The van der Waals surface area contributed by atoms with Crippen LogP contribution in [-0.4, -0.2) is 49.8 Å². The molecule has 3 heteroatoms. The third kappa shape index (κ3) is 4.87. The van der Waals surface area contributed by atoms with Crippen LogP contribution in [0.5, 0.6) is 0 Å². The van der Waals surface area contributed by atoms with Gasteiger partial charge >= 0.3 is 0 Å². The van der Waals surface area contributed by atoms with Crippen molar-refractivity contribution in [2.24, 2.45) is 11.3 Å². The summed E-state index contributed by atoms with van der Waals surface area (Å²) in [5, 5.41) is 13.4. The molecule has 3 nitrogen and oxygen atoms in total. The molecule has 18 heavy (non-hydrogen) atoms. The standard InChI is InChI=1S/C15H32N2O/c1-13(2)14(10-17(3)4)16-11-15(12-18)8-6-5-7-9-15/h13-14,16,18H,5-12H2,1-4H3. The van der Waals surface area contributed by atoms with Gasteiger partial charge in [0, 0.05) is 31.2 Å². The molecule has 1 aliphatic carbocycles. The highest BCUT2D eigenvalue weighted by atomic mass is 16.3. The van der Waals surface area contributed by atoms with Crippen LogP contribution in [-0.2, 0) is 0 Å². The van der Waals surface area contributed by atoms with Crippen LogP contribution in [0.15, 0.2) is 0 Å². The lowest BCUT2D eigenvalue weighted by Crippen LogP contribution is -2.48. The molecule has 0 radical (unpaired) electrons. The van der Waals surface area contributed by atoms with E-state index >= 15 is 0 Å². The van der Waals surface area contributed by atoms with Gasteiger partial charge in [-0.3, -0.25) is 0 Å². The Labute approximate surface area is 113 Å². The maximum absolute atomic E-state index is 9.72. The molecule has 0 saturated heterocycles.